The first-order chi connectivity index (χ1) is 8.82. The van der Waals surface area contributed by atoms with Gasteiger partial charge in [0.15, 0.2) is 5.84 Å². The molecule has 0 atom stereocenters. The van der Waals surface area contributed by atoms with Gasteiger partial charge in [-0.2, -0.15) is 0 Å². The van der Waals surface area contributed by atoms with Gasteiger partial charge in [0.25, 0.3) is 0 Å². The fourth-order valence-corrected chi connectivity index (χ4v) is 2.71. The van der Waals surface area contributed by atoms with Gasteiger partial charge in [-0.15, -0.1) is 0 Å². The van der Waals surface area contributed by atoms with Crippen LogP contribution in [0.1, 0.15) is 32.1 Å². The molecule has 8 nitrogen and oxygen atoms in total. The number of nitrogens with zero attached hydrogens (tertiary/aromatic N) is 1. The Hall–Kier alpha value is -1.35. The second kappa shape index (κ2) is 6.20. The molecule has 110 valence electrons. The molecule has 1 aliphatic rings. The van der Waals surface area contributed by atoms with E-state index in [0.29, 0.717) is 12.8 Å². The summed E-state index contributed by atoms with van der Waals surface area (Å²) in [6.45, 7) is -0.0852. The van der Waals surface area contributed by atoms with Gasteiger partial charge in [-0.25, -0.2) is 13.6 Å². The molecule has 0 radical (unpaired) electrons. The van der Waals surface area contributed by atoms with E-state index < -0.39 is 21.3 Å². The van der Waals surface area contributed by atoms with E-state index >= 15 is 0 Å². The Morgan fingerprint density at radius 2 is 1.89 bits per heavy atom. The molecule has 0 saturated heterocycles. The number of nitrogens with two attached hydrogens (primary N) is 2. The summed E-state index contributed by atoms with van der Waals surface area (Å²) in [6.07, 6.45) is 3.58. The van der Waals surface area contributed by atoms with E-state index in [1.54, 1.807) is 0 Å². The topological polar surface area (TPSA) is 148 Å². The Morgan fingerprint density at radius 1 is 1.32 bits per heavy atom. The molecular weight excluding hydrogens is 272 g/mol. The van der Waals surface area contributed by atoms with Gasteiger partial charge in [0, 0.05) is 6.54 Å². The summed E-state index contributed by atoms with van der Waals surface area (Å²) in [5.74, 6) is -0.878. The summed E-state index contributed by atoms with van der Waals surface area (Å²) < 4.78 is 21.6. The first-order valence-corrected chi connectivity index (χ1v) is 7.80. The Labute approximate surface area is 112 Å². The van der Waals surface area contributed by atoms with Gasteiger partial charge in [-0.1, -0.05) is 24.4 Å². The van der Waals surface area contributed by atoms with Gasteiger partial charge in [0.2, 0.25) is 15.9 Å². The molecule has 1 fully saturated rings. The highest BCUT2D eigenvalue weighted by Gasteiger charge is 2.43. The minimum absolute atomic E-state index is 0.0852. The van der Waals surface area contributed by atoms with Crippen molar-refractivity contribution in [3.8, 4) is 0 Å². The smallest absolute Gasteiger partial charge is 0.233 e. The van der Waals surface area contributed by atoms with Crippen LogP contribution in [-0.2, 0) is 14.8 Å². The zero-order chi connectivity index (χ0) is 14.5. The Balaban J connectivity index is 2.73. The first kappa shape index (κ1) is 15.7. The van der Waals surface area contributed by atoms with Crippen molar-refractivity contribution < 1.29 is 18.4 Å². The van der Waals surface area contributed by atoms with E-state index in [1.807, 2.05) is 0 Å². The number of carbonyl (C=O) groups is 1. The standard InChI is InChI=1S/C10H20N4O4S/c11-8(14-16)10(4-2-1-3-5-10)9(15)13-6-7-19(12,17)18/h16H,1-7H2,(H2,11,14)(H,13,15)(H2,12,17,18). The third kappa shape index (κ3) is 4.06. The number of nitrogens with one attached hydrogen (secondary N) is 1. The van der Waals surface area contributed by atoms with E-state index in [-0.39, 0.29) is 18.1 Å². The first-order valence-electron chi connectivity index (χ1n) is 6.08. The zero-order valence-corrected chi connectivity index (χ0v) is 11.4. The van der Waals surface area contributed by atoms with Crippen molar-refractivity contribution in [1.29, 1.82) is 0 Å². The van der Waals surface area contributed by atoms with Crippen LogP contribution >= 0.6 is 0 Å². The quantitative estimate of drug-likeness (QED) is 0.224. The lowest BCUT2D eigenvalue weighted by molar-refractivity contribution is -0.128. The summed E-state index contributed by atoms with van der Waals surface area (Å²) in [4.78, 5) is 12.2. The van der Waals surface area contributed by atoms with Gasteiger partial charge in [0.1, 0.15) is 5.41 Å². The molecule has 1 amide bonds. The molecular formula is C10H20N4O4S. The molecule has 9 heteroatoms. The van der Waals surface area contributed by atoms with Crippen LogP contribution in [0.3, 0.4) is 0 Å². The van der Waals surface area contributed by atoms with Gasteiger partial charge in [0.05, 0.1) is 5.75 Å². The predicted molar refractivity (Wildman–Crippen MR) is 69.9 cm³/mol. The highest BCUT2D eigenvalue weighted by Crippen LogP contribution is 2.36. The lowest BCUT2D eigenvalue weighted by atomic mass is 9.72. The van der Waals surface area contributed by atoms with Crippen LogP contribution in [0.15, 0.2) is 5.16 Å². The average molecular weight is 292 g/mol. The van der Waals surface area contributed by atoms with Gasteiger partial charge in [-0.3, -0.25) is 4.79 Å². The van der Waals surface area contributed by atoms with Crippen molar-refractivity contribution in [2.45, 2.75) is 32.1 Å². The maximum atomic E-state index is 12.2. The van der Waals surface area contributed by atoms with E-state index in [0.717, 1.165) is 19.3 Å². The number of amidine groups is 1. The van der Waals surface area contributed by atoms with Crippen molar-refractivity contribution in [3.05, 3.63) is 0 Å². The maximum absolute atomic E-state index is 12.2. The molecule has 0 heterocycles. The fraction of sp³-hybridized carbons (Fsp3) is 0.800. The van der Waals surface area contributed by atoms with Crippen molar-refractivity contribution in [1.82, 2.24) is 5.32 Å². The van der Waals surface area contributed by atoms with Crippen LogP contribution in [-0.4, -0.2) is 37.7 Å². The van der Waals surface area contributed by atoms with Crippen molar-refractivity contribution in [3.63, 3.8) is 0 Å². The number of primary sulfonamides is 1. The molecule has 0 aromatic rings. The van der Waals surface area contributed by atoms with E-state index in [9.17, 15) is 13.2 Å². The number of oxime groups is 1. The second-order valence-corrected chi connectivity index (χ2v) is 6.48. The zero-order valence-electron chi connectivity index (χ0n) is 10.6. The molecule has 1 rings (SSSR count). The highest BCUT2D eigenvalue weighted by molar-refractivity contribution is 7.89. The Bertz CT molecular complexity index is 454. The molecule has 0 aliphatic heterocycles. The second-order valence-electron chi connectivity index (χ2n) is 4.75. The van der Waals surface area contributed by atoms with Crippen LogP contribution in [0.2, 0.25) is 0 Å². The predicted octanol–water partition coefficient (Wildman–Crippen LogP) is -0.912. The molecule has 1 saturated carbocycles. The molecule has 0 bridgehead atoms. The number of hydrogen-bond donors (Lipinski definition) is 4. The minimum atomic E-state index is -3.62. The fourth-order valence-electron chi connectivity index (χ4n) is 2.33. The van der Waals surface area contributed by atoms with Crippen LogP contribution in [0.4, 0.5) is 0 Å². The normalized spacial score (nSPS) is 19.9. The number of sulfonamides is 1. The van der Waals surface area contributed by atoms with E-state index in [1.165, 1.54) is 0 Å². The van der Waals surface area contributed by atoms with Gasteiger partial charge in [-0.05, 0) is 12.8 Å². The minimum Gasteiger partial charge on any atom is -0.409 e. The molecule has 0 aromatic heterocycles. The summed E-state index contributed by atoms with van der Waals surface area (Å²) in [7, 11) is -3.62. The Morgan fingerprint density at radius 3 is 2.37 bits per heavy atom. The van der Waals surface area contributed by atoms with Crippen LogP contribution in [0, 0.1) is 5.41 Å². The lowest BCUT2D eigenvalue weighted by Crippen LogP contribution is -2.51. The van der Waals surface area contributed by atoms with Gasteiger partial charge < -0.3 is 16.3 Å². The summed E-state index contributed by atoms with van der Waals surface area (Å²) in [6, 6.07) is 0. The number of amides is 1. The highest BCUT2D eigenvalue weighted by atomic mass is 32.2. The SMILES string of the molecule is NC(=NO)C1(C(=O)NCCS(N)(=O)=O)CCCCC1. The molecule has 1 aliphatic carbocycles. The molecule has 6 N–H and O–H groups in total. The average Bonchev–Trinajstić information content (AvgIpc) is 2.36. The van der Waals surface area contributed by atoms with Crippen LogP contribution in [0.5, 0.6) is 0 Å². The molecule has 0 aromatic carbocycles. The molecule has 0 unspecified atom stereocenters. The number of hydrogen-bond acceptors (Lipinski definition) is 5. The van der Waals surface area contributed by atoms with E-state index in [4.69, 9.17) is 16.1 Å². The maximum Gasteiger partial charge on any atom is 0.233 e. The molecule has 0 spiro atoms. The summed E-state index contributed by atoms with van der Waals surface area (Å²) in [5, 5.41) is 19.1. The Kier molecular flexibility index (Phi) is 5.12. The molecule has 19 heavy (non-hydrogen) atoms. The van der Waals surface area contributed by atoms with Crippen molar-refractivity contribution in [2.24, 2.45) is 21.4 Å². The third-order valence-corrected chi connectivity index (χ3v) is 4.19. The van der Waals surface area contributed by atoms with E-state index in [2.05, 4.69) is 10.5 Å². The third-order valence-electron chi connectivity index (χ3n) is 3.41. The summed E-state index contributed by atoms with van der Waals surface area (Å²) in [5.41, 5.74) is 4.60. The lowest BCUT2D eigenvalue weighted by Gasteiger charge is -2.34. The van der Waals surface area contributed by atoms with Gasteiger partial charge >= 0.3 is 0 Å². The van der Waals surface area contributed by atoms with Crippen LogP contribution < -0.4 is 16.2 Å². The van der Waals surface area contributed by atoms with Crippen molar-refractivity contribution in [2.75, 3.05) is 12.3 Å². The van der Waals surface area contributed by atoms with Crippen LogP contribution in [0.25, 0.3) is 0 Å². The monoisotopic (exact) mass is 292 g/mol. The van der Waals surface area contributed by atoms with Crippen molar-refractivity contribution >= 4 is 21.8 Å². The largest absolute Gasteiger partial charge is 0.409 e. The summed E-state index contributed by atoms with van der Waals surface area (Å²) >= 11 is 0. The number of rotatable bonds is 5. The number of carbonyl (C=O) groups excluding carboxylic acids is 1.